The number of carboxylic acids is 1. The van der Waals surface area contributed by atoms with Gasteiger partial charge >= 0.3 is 5.97 Å². The maximum Gasteiger partial charge on any atom is 0.328 e. The Kier molecular flexibility index (Phi) is 4.13. The van der Waals surface area contributed by atoms with E-state index in [1.54, 1.807) is 18.2 Å². The van der Waals surface area contributed by atoms with E-state index in [1.165, 1.54) is 12.1 Å². The van der Waals surface area contributed by atoms with Crippen molar-refractivity contribution in [2.75, 3.05) is 0 Å². The van der Waals surface area contributed by atoms with E-state index >= 15 is 0 Å². The standard InChI is InChI=1S/C11H10N2O4/c12-13(9(14)6-7-10(15)16)11(17)8-4-2-1-3-5-8/h1-7H,12H2,(H,15,16). The average molecular weight is 234 g/mol. The highest BCUT2D eigenvalue weighted by molar-refractivity contribution is 6.08. The van der Waals surface area contributed by atoms with Crippen molar-refractivity contribution in [2.45, 2.75) is 0 Å². The van der Waals surface area contributed by atoms with E-state index in [0.717, 1.165) is 0 Å². The van der Waals surface area contributed by atoms with Crippen LogP contribution in [0.4, 0.5) is 0 Å². The molecule has 6 heteroatoms. The summed E-state index contributed by atoms with van der Waals surface area (Å²) in [7, 11) is 0. The quantitative estimate of drug-likeness (QED) is 0.336. The van der Waals surface area contributed by atoms with Crippen LogP contribution in [0, 0.1) is 0 Å². The fourth-order valence-corrected chi connectivity index (χ4v) is 1.04. The number of carbonyl (C=O) groups is 3. The van der Waals surface area contributed by atoms with E-state index in [2.05, 4.69) is 0 Å². The first-order valence-electron chi connectivity index (χ1n) is 4.61. The minimum Gasteiger partial charge on any atom is -0.478 e. The Bertz CT molecular complexity index is 468. The Morgan fingerprint density at radius 1 is 1.12 bits per heavy atom. The van der Waals surface area contributed by atoms with Gasteiger partial charge in [0.25, 0.3) is 11.8 Å². The molecule has 88 valence electrons. The molecule has 1 aromatic carbocycles. The Labute approximate surface area is 96.9 Å². The number of hydrogen-bond acceptors (Lipinski definition) is 4. The molecule has 0 spiro atoms. The normalized spacial score (nSPS) is 10.2. The summed E-state index contributed by atoms with van der Waals surface area (Å²) in [6.07, 6.45) is 1.32. The zero-order valence-corrected chi connectivity index (χ0v) is 8.74. The van der Waals surface area contributed by atoms with Crippen LogP contribution in [0.15, 0.2) is 42.5 Å². The lowest BCUT2D eigenvalue weighted by atomic mass is 10.2. The van der Waals surface area contributed by atoms with Gasteiger partial charge in [-0.15, -0.1) is 0 Å². The summed E-state index contributed by atoms with van der Waals surface area (Å²) in [5.41, 5.74) is 0.243. The van der Waals surface area contributed by atoms with Gasteiger partial charge in [0.05, 0.1) is 0 Å². The van der Waals surface area contributed by atoms with Gasteiger partial charge in [-0.25, -0.2) is 15.6 Å². The smallest absolute Gasteiger partial charge is 0.328 e. The van der Waals surface area contributed by atoms with Gasteiger partial charge in [-0.1, -0.05) is 18.2 Å². The predicted octanol–water partition coefficient (Wildman–Crippen LogP) is 0.170. The van der Waals surface area contributed by atoms with Crippen molar-refractivity contribution in [3.63, 3.8) is 0 Å². The Hall–Kier alpha value is -2.47. The molecule has 0 atom stereocenters. The zero-order valence-electron chi connectivity index (χ0n) is 8.74. The van der Waals surface area contributed by atoms with E-state index in [0.29, 0.717) is 17.2 Å². The van der Waals surface area contributed by atoms with Crippen LogP contribution in [-0.4, -0.2) is 27.9 Å². The molecule has 0 unspecified atom stereocenters. The SMILES string of the molecule is NN(C(=O)C=CC(=O)O)C(=O)c1ccccc1. The molecular weight excluding hydrogens is 224 g/mol. The highest BCUT2D eigenvalue weighted by Crippen LogP contribution is 2.02. The molecule has 0 heterocycles. The van der Waals surface area contributed by atoms with Crippen LogP contribution < -0.4 is 5.84 Å². The summed E-state index contributed by atoms with van der Waals surface area (Å²) in [6, 6.07) is 7.95. The monoisotopic (exact) mass is 234 g/mol. The van der Waals surface area contributed by atoms with Crippen molar-refractivity contribution in [3.8, 4) is 0 Å². The highest BCUT2D eigenvalue weighted by Gasteiger charge is 2.17. The molecule has 0 saturated heterocycles. The third kappa shape index (κ3) is 3.54. The number of imide groups is 1. The first-order valence-corrected chi connectivity index (χ1v) is 4.61. The van der Waals surface area contributed by atoms with E-state index < -0.39 is 17.8 Å². The third-order valence-electron chi connectivity index (χ3n) is 1.85. The van der Waals surface area contributed by atoms with Crippen LogP contribution in [0.2, 0.25) is 0 Å². The number of hydrazine groups is 1. The van der Waals surface area contributed by atoms with Gasteiger partial charge in [-0.2, -0.15) is 0 Å². The van der Waals surface area contributed by atoms with Crippen LogP contribution in [0.5, 0.6) is 0 Å². The summed E-state index contributed by atoms with van der Waals surface area (Å²) >= 11 is 0. The number of amides is 2. The molecule has 2 amide bonds. The summed E-state index contributed by atoms with van der Waals surface area (Å²) in [5, 5.41) is 8.67. The fourth-order valence-electron chi connectivity index (χ4n) is 1.04. The number of nitrogens with zero attached hydrogens (tertiary/aromatic N) is 1. The number of hydrogen-bond donors (Lipinski definition) is 2. The average Bonchev–Trinajstić information content (AvgIpc) is 2.35. The summed E-state index contributed by atoms with van der Waals surface area (Å²) in [4.78, 5) is 33.1. The lowest BCUT2D eigenvalue weighted by Crippen LogP contribution is -2.41. The molecule has 0 aliphatic rings. The van der Waals surface area contributed by atoms with E-state index in [1.807, 2.05) is 0 Å². The van der Waals surface area contributed by atoms with Crippen molar-refractivity contribution < 1.29 is 19.5 Å². The van der Waals surface area contributed by atoms with Crippen LogP contribution in [0.3, 0.4) is 0 Å². The van der Waals surface area contributed by atoms with Gasteiger partial charge in [0.1, 0.15) is 0 Å². The van der Waals surface area contributed by atoms with Crippen LogP contribution in [-0.2, 0) is 9.59 Å². The van der Waals surface area contributed by atoms with Crippen molar-refractivity contribution in [1.29, 1.82) is 0 Å². The number of carboxylic acid groups (broad SMARTS) is 1. The van der Waals surface area contributed by atoms with Gasteiger partial charge < -0.3 is 5.11 Å². The van der Waals surface area contributed by atoms with E-state index in [4.69, 9.17) is 10.9 Å². The molecule has 0 saturated carbocycles. The minimum atomic E-state index is -1.29. The lowest BCUT2D eigenvalue weighted by molar-refractivity contribution is -0.132. The molecule has 17 heavy (non-hydrogen) atoms. The largest absolute Gasteiger partial charge is 0.478 e. The third-order valence-corrected chi connectivity index (χ3v) is 1.85. The number of carbonyl (C=O) groups excluding carboxylic acids is 2. The van der Waals surface area contributed by atoms with Crippen LogP contribution in [0.1, 0.15) is 10.4 Å². The molecule has 0 fully saturated rings. The molecule has 0 radical (unpaired) electrons. The topological polar surface area (TPSA) is 101 Å². The lowest BCUT2D eigenvalue weighted by Gasteiger charge is -2.11. The molecule has 0 aliphatic carbocycles. The van der Waals surface area contributed by atoms with Crippen molar-refractivity contribution in [3.05, 3.63) is 48.0 Å². The van der Waals surface area contributed by atoms with Crippen molar-refractivity contribution in [2.24, 2.45) is 5.84 Å². The van der Waals surface area contributed by atoms with Gasteiger partial charge in [0, 0.05) is 17.7 Å². The Morgan fingerprint density at radius 2 is 1.71 bits per heavy atom. The summed E-state index contributed by atoms with van der Waals surface area (Å²) in [6.45, 7) is 0. The molecule has 6 nitrogen and oxygen atoms in total. The maximum atomic E-state index is 11.6. The van der Waals surface area contributed by atoms with Gasteiger partial charge in [0.2, 0.25) is 0 Å². The van der Waals surface area contributed by atoms with Crippen molar-refractivity contribution in [1.82, 2.24) is 5.01 Å². The number of nitrogens with two attached hydrogens (primary N) is 1. The Morgan fingerprint density at radius 3 is 2.24 bits per heavy atom. The van der Waals surface area contributed by atoms with Gasteiger partial charge in [0.15, 0.2) is 0 Å². The minimum absolute atomic E-state index is 0.243. The molecule has 0 aliphatic heterocycles. The number of aliphatic carboxylic acids is 1. The second kappa shape index (κ2) is 5.57. The van der Waals surface area contributed by atoms with E-state index in [9.17, 15) is 14.4 Å². The van der Waals surface area contributed by atoms with Gasteiger partial charge in [-0.3, -0.25) is 9.59 Å². The maximum absolute atomic E-state index is 11.6. The second-order valence-electron chi connectivity index (χ2n) is 3.05. The Balaban J connectivity index is 2.77. The first-order chi connectivity index (χ1) is 8.02. The first kappa shape index (κ1) is 12.6. The van der Waals surface area contributed by atoms with Crippen molar-refractivity contribution >= 4 is 17.8 Å². The predicted molar refractivity (Wildman–Crippen MR) is 58.6 cm³/mol. The molecule has 1 aromatic rings. The molecular formula is C11H10N2O4. The molecule has 1 rings (SSSR count). The van der Waals surface area contributed by atoms with Crippen LogP contribution in [0.25, 0.3) is 0 Å². The van der Waals surface area contributed by atoms with Crippen LogP contribution >= 0.6 is 0 Å². The highest BCUT2D eigenvalue weighted by atomic mass is 16.4. The summed E-state index contributed by atoms with van der Waals surface area (Å²) in [5.74, 6) is 2.37. The number of benzene rings is 1. The zero-order chi connectivity index (χ0) is 12.8. The molecule has 0 aromatic heterocycles. The second-order valence-corrected chi connectivity index (χ2v) is 3.05. The summed E-state index contributed by atoms with van der Waals surface area (Å²) < 4.78 is 0. The van der Waals surface area contributed by atoms with E-state index in [-0.39, 0.29) is 5.56 Å². The fraction of sp³-hybridized carbons (Fsp3) is 0. The van der Waals surface area contributed by atoms with Gasteiger partial charge in [-0.05, 0) is 12.1 Å². The molecule has 0 bridgehead atoms. The number of rotatable bonds is 3. The molecule has 3 N–H and O–H groups in total.